The van der Waals surface area contributed by atoms with E-state index in [1.165, 1.54) is 0 Å². The molecule has 3 heterocycles. The molecule has 8 heteroatoms. The van der Waals surface area contributed by atoms with Crippen LogP contribution in [0.4, 0.5) is 4.39 Å². The quantitative estimate of drug-likeness (QED) is 0.695. The molecule has 1 amide bonds. The lowest BCUT2D eigenvalue weighted by atomic mass is 10.1. The zero-order valence-electron chi connectivity index (χ0n) is 15.5. The van der Waals surface area contributed by atoms with Crippen molar-refractivity contribution in [1.82, 2.24) is 24.6 Å². The van der Waals surface area contributed by atoms with Crippen LogP contribution < -0.4 is 4.74 Å². The first-order chi connectivity index (χ1) is 13.6. The van der Waals surface area contributed by atoms with Gasteiger partial charge in [0.1, 0.15) is 11.8 Å². The zero-order valence-corrected chi connectivity index (χ0v) is 15.5. The topological polar surface area (TPSA) is 73.1 Å². The van der Waals surface area contributed by atoms with Crippen molar-refractivity contribution in [3.63, 3.8) is 0 Å². The van der Waals surface area contributed by atoms with Gasteiger partial charge in [-0.05, 0) is 18.9 Å². The fraction of sp³-hybridized carbons (Fsp3) is 0.300. The van der Waals surface area contributed by atoms with Crippen molar-refractivity contribution in [3.05, 3.63) is 60.3 Å². The summed E-state index contributed by atoms with van der Waals surface area (Å²) in [5.74, 6) is -0.608. The van der Waals surface area contributed by atoms with Crippen molar-refractivity contribution >= 4 is 5.91 Å². The standard InChI is InChI=1S/C20H20FN5O2/c1-25-18(10-17(24-25)14-6-3-2-4-7-14)19(27)26-9-5-8-16(13-26)28-20-22-11-15(21)12-23-20/h2-4,6-7,10-12,16H,5,8-9,13H2,1H3. The number of carbonyl (C=O) groups is 1. The molecule has 0 radical (unpaired) electrons. The maximum Gasteiger partial charge on any atom is 0.316 e. The monoisotopic (exact) mass is 381 g/mol. The van der Waals surface area contributed by atoms with Gasteiger partial charge in [-0.1, -0.05) is 30.3 Å². The lowest BCUT2D eigenvalue weighted by molar-refractivity contribution is 0.0506. The second-order valence-electron chi connectivity index (χ2n) is 6.72. The summed E-state index contributed by atoms with van der Waals surface area (Å²) >= 11 is 0. The molecule has 1 saturated heterocycles. The van der Waals surface area contributed by atoms with Crippen LogP contribution in [0.25, 0.3) is 11.3 Å². The van der Waals surface area contributed by atoms with Crippen LogP contribution in [0.15, 0.2) is 48.8 Å². The highest BCUT2D eigenvalue weighted by molar-refractivity contribution is 5.93. The van der Waals surface area contributed by atoms with Gasteiger partial charge in [-0.2, -0.15) is 5.10 Å². The van der Waals surface area contributed by atoms with Crippen molar-refractivity contribution in [2.75, 3.05) is 13.1 Å². The van der Waals surface area contributed by atoms with E-state index in [4.69, 9.17) is 4.74 Å². The molecule has 144 valence electrons. The first-order valence-corrected chi connectivity index (χ1v) is 9.13. The Morgan fingerprint density at radius 1 is 1.21 bits per heavy atom. The van der Waals surface area contributed by atoms with Crippen LogP contribution >= 0.6 is 0 Å². The minimum atomic E-state index is -0.516. The molecule has 1 aromatic carbocycles. The summed E-state index contributed by atoms with van der Waals surface area (Å²) < 4.78 is 20.3. The van der Waals surface area contributed by atoms with Crippen molar-refractivity contribution in [3.8, 4) is 17.3 Å². The summed E-state index contributed by atoms with van der Waals surface area (Å²) in [5.41, 5.74) is 2.25. The second-order valence-corrected chi connectivity index (χ2v) is 6.72. The number of aryl methyl sites for hydroxylation is 1. The van der Waals surface area contributed by atoms with Gasteiger partial charge in [0, 0.05) is 19.2 Å². The summed E-state index contributed by atoms with van der Waals surface area (Å²) in [5, 5.41) is 4.47. The third-order valence-corrected chi connectivity index (χ3v) is 4.70. The van der Waals surface area contributed by atoms with Crippen LogP contribution in [0.3, 0.4) is 0 Å². The Bertz CT molecular complexity index is 958. The van der Waals surface area contributed by atoms with Gasteiger partial charge in [-0.15, -0.1) is 0 Å². The molecule has 1 unspecified atom stereocenters. The molecule has 0 aliphatic carbocycles. The Hall–Kier alpha value is -3.29. The van der Waals surface area contributed by atoms with Crippen LogP contribution in [-0.4, -0.2) is 49.7 Å². The molecule has 1 aliphatic rings. The number of hydrogen-bond donors (Lipinski definition) is 0. The number of hydrogen-bond acceptors (Lipinski definition) is 5. The Morgan fingerprint density at radius 3 is 2.71 bits per heavy atom. The number of amides is 1. The SMILES string of the molecule is Cn1nc(-c2ccccc2)cc1C(=O)N1CCCC(Oc2ncc(F)cn2)C1. The highest BCUT2D eigenvalue weighted by Crippen LogP contribution is 2.21. The number of halogens is 1. The molecular formula is C20H20FN5O2. The number of aromatic nitrogens is 4. The second kappa shape index (κ2) is 7.75. The first-order valence-electron chi connectivity index (χ1n) is 9.13. The van der Waals surface area contributed by atoms with Crippen LogP contribution in [-0.2, 0) is 7.05 Å². The molecular weight excluding hydrogens is 361 g/mol. The first kappa shape index (κ1) is 18.1. The third-order valence-electron chi connectivity index (χ3n) is 4.70. The fourth-order valence-corrected chi connectivity index (χ4v) is 3.31. The van der Waals surface area contributed by atoms with Crippen LogP contribution in [0, 0.1) is 5.82 Å². The van der Waals surface area contributed by atoms with Crippen molar-refractivity contribution < 1.29 is 13.9 Å². The van der Waals surface area contributed by atoms with Gasteiger partial charge in [-0.3, -0.25) is 9.48 Å². The predicted octanol–water partition coefficient (Wildman–Crippen LogP) is 2.70. The van der Waals surface area contributed by atoms with Crippen LogP contribution in [0.1, 0.15) is 23.3 Å². The molecule has 7 nitrogen and oxygen atoms in total. The van der Waals surface area contributed by atoms with E-state index in [2.05, 4.69) is 15.1 Å². The molecule has 2 aromatic heterocycles. The summed E-state index contributed by atoms with van der Waals surface area (Å²) in [4.78, 5) is 22.4. The molecule has 28 heavy (non-hydrogen) atoms. The molecule has 4 rings (SSSR count). The Balaban J connectivity index is 1.47. The smallest absolute Gasteiger partial charge is 0.316 e. The third kappa shape index (κ3) is 3.85. The summed E-state index contributed by atoms with van der Waals surface area (Å²) in [6.45, 7) is 1.07. The summed E-state index contributed by atoms with van der Waals surface area (Å²) in [6.07, 6.45) is 3.49. The molecule has 1 aliphatic heterocycles. The van der Waals surface area contributed by atoms with E-state index in [-0.39, 0.29) is 18.0 Å². The number of nitrogens with zero attached hydrogens (tertiary/aromatic N) is 5. The van der Waals surface area contributed by atoms with Crippen molar-refractivity contribution in [2.45, 2.75) is 18.9 Å². The average Bonchev–Trinajstić information content (AvgIpc) is 3.12. The van der Waals surface area contributed by atoms with E-state index >= 15 is 0 Å². The lowest BCUT2D eigenvalue weighted by Crippen LogP contribution is -2.45. The molecule has 0 saturated carbocycles. The lowest BCUT2D eigenvalue weighted by Gasteiger charge is -2.32. The Labute approximate surface area is 161 Å². The van der Waals surface area contributed by atoms with E-state index in [9.17, 15) is 9.18 Å². The predicted molar refractivity (Wildman–Crippen MR) is 100 cm³/mol. The summed E-state index contributed by atoms with van der Waals surface area (Å²) in [6, 6.07) is 11.7. The van der Waals surface area contributed by atoms with Gasteiger partial charge >= 0.3 is 6.01 Å². The molecule has 1 fully saturated rings. The van der Waals surface area contributed by atoms with Crippen LogP contribution in [0.2, 0.25) is 0 Å². The number of likely N-dealkylation sites (tertiary alicyclic amines) is 1. The largest absolute Gasteiger partial charge is 0.458 e. The molecule has 0 N–H and O–H groups in total. The number of ether oxygens (including phenoxy) is 1. The van der Waals surface area contributed by atoms with E-state index < -0.39 is 5.82 Å². The molecule has 3 aromatic rings. The Kier molecular flexibility index (Phi) is 5.01. The Morgan fingerprint density at radius 2 is 1.96 bits per heavy atom. The maximum absolute atomic E-state index is 13.0. The minimum Gasteiger partial charge on any atom is -0.458 e. The number of benzene rings is 1. The number of carbonyl (C=O) groups excluding carboxylic acids is 1. The van der Waals surface area contributed by atoms with Gasteiger partial charge in [-0.25, -0.2) is 14.4 Å². The van der Waals surface area contributed by atoms with Gasteiger partial charge < -0.3 is 9.64 Å². The highest BCUT2D eigenvalue weighted by atomic mass is 19.1. The maximum atomic E-state index is 13.0. The zero-order chi connectivity index (χ0) is 19.5. The summed E-state index contributed by atoms with van der Waals surface area (Å²) in [7, 11) is 1.77. The van der Waals surface area contributed by atoms with E-state index in [1.807, 2.05) is 36.4 Å². The molecule has 0 bridgehead atoms. The van der Waals surface area contributed by atoms with Gasteiger partial charge in [0.25, 0.3) is 5.91 Å². The van der Waals surface area contributed by atoms with Crippen LogP contribution in [0.5, 0.6) is 6.01 Å². The van der Waals surface area contributed by atoms with Crippen molar-refractivity contribution in [2.24, 2.45) is 7.05 Å². The molecule has 1 atom stereocenters. The normalized spacial score (nSPS) is 16.8. The van der Waals surface area contributed by atoms with Gasteiger partial charge in [0.05, 0.1) is 24.6 Å². The van der Waals surface area contributed by atoms with E-state index in [1.54, 1.807) is 16.6 Å². The van der Waals surface area contributed by atoms with E-state index in [0.717, 1.165) is 36.5 Å². The van der Waals surface area contributed by atoms with Gasteiger partial charge in [0.15, 0.2) is 5.82 Å². The fourth-order valence-electron chi connectivity index (χ4n) is 3.31. The highest BCUT2D eigenvalue weighted by Gasteiger charge is 2.28. The average molecular weight is 381 g/mol. The van der Waals surface area contributed by atoms with Crippen molar-refractivity contribution in [1.29, 1.82) is 0 Å². The van der Waals surface area contributed by atoms with Gasteiger partial charge in [0.2, 0.25) is 0 Å². The minimum absolute atomic E-state index is 0.0921. The molecule has 0 spiro atoms. The number of piperidine rings is 1. The number of rotatable bonds is 4. The van der Waals surface area contributed by atoms with E-state index in [0.29, 0.717) is 18.8 Å².